The minimum Gasteiger partial charge on any atom is -0.374 e. The molecule has 0 aliphatic carbocycles. The van der Waals surface area contributed by atoms with Crippen LogP contribution in [0.1, 0.15) is 29.4 Å². The number of carbonyl (C=O) groups excluding carboxylic acids is 1. The molecular weight excluding hydrogens is 262 g/mol. The van der Waals surface area contributed by atoms with Gasteiger partial charge in [0.2, 0.25) is 0 Å². The normalized spacial score (nSPS) is 10.2. The van der Waals surface area contributed by atoms with Crippen LogP contribution in [0, 0.1) is 0 Å². The molecule has 0 atom stereocenters. The quantitative estimate of drug-likeness (QED) is 0.886. The maximum Gasteiger partial charge on any atom is 0.270 e. The number of aromatic nitrogens is 1. The van der Waals surface area contributed by atoms with Gasteiger partial charge in [-0.3, -0.25) is 9.78 Å². The molecular formula is C17H21N3O. The van der Waals surface area contributed by atoms with Gasteiger partial charge in [-0.2, -0.15) is 0 Å². The van der Waals surface area contributed by atoms with Gasteiger partial charge in [-0.15, -0.1) is 0 Å². The molecule has 1 N–H and O–H groups in total. The molecule has 4 nitrogen and oxygen atoms in total. The van der Waals surface area contributed by atoms with E-state index in [1.807, 2.05) is 49.5 Å². The average Bonchev–Trinajstić information content (AvgIpc) is 2.54. The predicted molar refractivity (Wildman–Crippen MR) is 85.4 cm³/mol. The molecule has 0 aliphatic heterocycles. The van der Waals surface area contributed by atoms with Crippen molar-refractivity contribution < 1.29 is 4.79 Å². The summed E-state index contributed by atoms with van der Waals surface area (Å²) in [7, 11) is 2.02. The molecule has 0 unspecified atom stereocenters. The van der Waals surface area contributed by atoms with Crippen LogP contribution in [0.15, 0.2) is 48.7 Å². The number of carbonyl (C=O) groups is 1. The number of anilines is 1. The van der Waals surface area contributed by atoms with E-state index in [9.17, 15) is 4.79 Å². The second-order valence-electron chi connectivity index (χ2n) is 4.99. The number of hydrogen-bond acceptors (Lipinski definition) is 3. The summed E-state index contributed by atoms with van der Waals surface area (Å²) in [6.45, 7) is 3.59. The Labute approximate surface area is 125 Å². The van der Waals surface area contributed by atoms with Gasteiger partial charge in [-0.05, 0) is 24.1 Å². The molecule has 4 heteroatoms. The van der Waals surface area contributed by atoms with Crippen LogP contribution < -0.4 is 10.2 Å². The van der Waals surface area contributed by atoms with E-state index in [1.165, 1.54) is 0 Å². The molecule has 0 aliphatic rings. The minimum absolute atomic E-state index is 0.148. The number of pyridine rings is 1. The Morgan fingerprint density at radius 1 is 1.24 bits per heavy atom. The fraction of sp³-hybridized carbons (Fsp3) is 0.294. The molecule has 1 heterocycles. The van der Waals surface area contributed by atoms with Crippen molar-refractivity contribution in [2.75, 3.05) is 18.5 Å². The van der Waals surface area contributed by atoms with E-state index in [2.05, 4.69) is 22.1 Å². The first-order valence-electron chi connectivity index (χ1n) is 7.20. The largest absolute Gasteiger partial charge is 0.374 e. The van der Waals surface area contributed by atoms with Crippen molar-refractivity contribution in [3.63, 3.8) is 0 Å². The summed E-state index contributed by atoms with van der Waals surface area (Å²) in [5.41, 5.74) is 2.54. The third kappa shape index (κ3) is 4.31. The molecule has 0 radical (unpaired) electrons. The fourth-order valence-electron chi connectivity index (χ4n) is 2.11. The SMILES string of the molecule is CCCN(C)c1ccnc(C(=O)NCc2ccccc2)c1. The van der Waals surface area contributed by atoms with Gasteiger partial charge >= 0.3 is 0 Å². The highest BCUT2D eigenvalue weighted by Gasteiger charge is 2.09. The van der Waals surface area contributed by atoms with Crippen LogP contribution in [0.25, 0.3) is 0 Å². The highest BCUT2D eigenvalue weighted by molar-refractivity contribution is 5.93. The standard InChI is InChI=1S/C17H21N3O/c1-3-11-20(2)15-9-10-18-16(12-15)17(21)19-13-14-7-5-4-6-8-14/h4-10,12H,3,11,13H2,1-2H3,(H,19,21). The van der Waals surface area contributed by atoms with Crippen LogP contribution in [0.3, 0.4) is 0 Å². The molecule has 0 spiro atoms. The topological polar surface area (TPSA) is 45.2 Å². The van der Waals surface area contributed by atoms with Gasteiger partial charge in [0, 0.05) is 32.0 Å². The van der Waals surface area contributed by atoms with E-state index in [4.69, 9.17) is 0 Å². The summed E-state index contributed by atoms with van der Waals surface area (Å²) in [6.07, 6.45) is 2.74. The zero-order valence-electron chi connectivity index (χ0n) is 12.5. The number of rotatable bonds is 6. The van der Waals surface area contributed by atoms with E-state index >= 15 is 0 Å². The molecule has 21 heavy (non-hydrogen) atoms. The van der Waals surface area contributed by atoms with E-state index in [1.54, 1.807) is 6.20 Å². The highest BCUT2D eigenvalue weighted by atomic mass is 16.1. The lowest BCUT2D eigenvalue weighted by Gasteiger charge is -2.18. The Balaban J connectivity index is 2.00. The summed E-state index contributed by atoms with van der Waals surface area (Å²) in [4.78, 5) is 18.4. The van der Waals surface area contributed by atoms with Crippen LogP contribution in [0.4, 0.5) is 5.69 Å². The molecule has 1 aromatic heterocycles. The maximum atomic E-state index is 12.2. The van der Waals surface area contributed by atoms with Gasteiger partial charge in [0.25, 0.3) is 5.91 Å². The second kappa shape index (κ2) is 7.43. The van der Waals surface area contributed by atoms with Crippen molar-refractivity contribution in [3.05, 3.63) is 59.9 Å². The van der Waals surface area contributed by atoms with Gasteiger partial charge in [0.05, 0.1) is 0 Å². The number of hydrogen-bond donors (Lipinski definition) is 1. The Morgan fingerprint density at radius 3 is 2.71 bits per heavy atom. The summed E-state index contributed by atoms with van der Waals surface area (Å²) >= 11 is 0. The molecule has 2 aromatic rings. The van der Waals surface area contributed by atoms with Crippen LogP contribution in [0.2, 0.25) is 0 Å². The number of amides is 1. The van der Waals surface area contributed by atoms with Crippen LogP contribution in [0.5, 0.6) is 0 Å². The third-order valence-electron chi connectivity index (χ3n) is 3.27. The van der Waals surface area contributed by atoms with Crippen molar-refractivity contribution >= 4 is 11.6 Å². The molecule has 0 fully saturated rings. The molecule has 0 bridgehead atoms. The van der Waals surface area contributed by atoms with E-state index in [-0.39, 0.29) is 5.91 Å². The monoisotopic (exact) mass is 283 g/mol. The van der Waals surface area contributed by atoms with Crippen molar-refractivity contribution in [2.45, 2.75) is 19.9 Å². The fourth-order valence-corrected chi connectivity index (χ4v) is 2.11. The van der Waals surface area contributed by atoms with E-state index in [0.29, 0.717) is 12.2 Å². The first-order valence-corrected chi connectivity index (χ1v) is 7.20. The van der Waals surface area contributed by atoms with Gasteiger partial charge < -0.3 is 10.2 Å². The molecule has 1 amide bonds. The molecule has 0 saturated heterocycles. The average molecular weight is 283 g/mol. The number of benzene rings is 1. The van der Waals surface area contributed by atoms with Crippen molar-refractivity contribution in [2.24, 2.45) is 0 Å². The molecule has 2 rings (SSSR count). The van der Waals surface area contributed by atoms with Crippen molar-refractivity contribution in [1.82, 2.24) is 10.3 Å². The molecule has 0 saturated carbocycles. The Morgan fingerprint density at radius 2 is 2.00 bits per heavy atom. The molecule has 110 valence electrons. The summed E-state index contributed by atoms with van der Waals surface area (Å²) in [5.74, 6) is -0.148. The van der Waals surface area contributed by atoms with Crippen molar-refractivity contribution in [3.8, 4) is 0 Å². The first kappa shape index (κ1) is 15.0. The first-order chi connectivity index (χ1) is 10.2. The van der Waals surface area contributed by atoms with Crippen molar-refractivity contribution in [1.29, 1.82) is 0 Å². The van der Waals surface area contributed by atoms with Crippen LogP contribution in [-0.2, 0) is 6.54 Å². The number of nitrogens with one attached hydrogen (secondary N) is 1. The van der Waals surface area contributed by atoms with Gasteiger partial charge in [-0.25, -0.2) is 0 Å². The summed E-state index contributed by atoms with van der Waals surface area (Å²) < 4.78 is 0. The second-order valence-corrected chi connectivity index (χ2v) is 4.99. The smallest absolute Gasteiger partial charge is 0.270 e. The van der Waals surface area contributed by atoms with E-state index in [0.717, 1.165) is 24.2 Å². The lowest BCUT2D eigenvalue weighted by molar-refractivity contribution is 0.0946. The van der Waals surface area contributed by atoms with Crippen LogP contribution >= 0.6 is 0 Å². The Kier molecular flexibility index (Phi) is 5.32. The Hall–Kier alpha value is -2.36. The summed E-state index contributed by atoms with van der Waals surface area (Å²) in [5, 5.41) is 2.89. The Bertz CT molecular complexity index is 584. The van der Waals surface area contributed by atoms with Gasteiger partial charge in [0.1, 0.15) is 5.69 Å². The third-order valence-corrected chi connectivity index (χ3v) is 3.27. The number of nitrogens with zero attached hydrogens (tertiary/aromatic N) is 2. The van der Waals surface area contributed by atoms with Gasteiger partial charge in [0.15, 0.2) is 0 Å². The zero-order valence-corrected chi connectivity index (χ0v) is 12.5. The lowest BCUT2D eigenvalue weighted by atomic mass is 10.2. The molecule has 1 aromatic carbocycles. The minimum atomic E-state index is -0.148. The predicted octanol–water partition coefficient (Wildman–Crippen LogP) is 2.86. The summed E-state index contributed by atoms with van der Waals surface area (Å²) in [6, 6.07) is 13.6. The maximum absolute atomic E-state index is 12.2. The van der Waals surface area contributed by atoms with Crippen LogP contribution in [-0.4, -0.2) is 24.5 Å². The van der Waals surface area contributed by atoms with Gasteiger partial charge in [-0.1, -0.05) is 37.3 Å². The zero-order chi connectivity index (χ0) is 15.1. The lowest BCUT2D eigenvalue weighted by Crippen LogP contribution is -2.24. The van der Waals surface area contributed by atoms with E-state index < -0.39 is 0 Å². The highest BCUT2D eigenvalue weighted by Crippen LogP contribution is 2.13.